The molecule has 0 unspecified atom stereocenters. The van der Waals surface area contributed by atoms with Gasteiger partial charge >= 0.3 is 0 Å². The number of nitrogens with zero attached hydrogens (tertiary/aromatic N) is 1. The van der Waals surface area contributed by atoms with Crippen molar-refractivity contribution in [1.82, 2.24) is 4.90 Å². The molecule has 0 saturated carbocycles. The van der Waals surface area contributed by atoms with Crippen molar-refractivity contribution in [1.29, 1.82) is 0 Å². The lowest BCUT2D eigenvalue weighted by Gasteiger charge is -2.35. The first-order valence-electron chi connectivity index (χ1n) is 11.1. The molecular formula is C24H28N3O4+. The van der Waals surface area contributed by atoms with Gasteiger partial charge in [0.15, 0.2) is 18.0 Å². The van der Waals surface area contributed by atoms with Gasteiger partial charge < -0.3 is 24.6 Å². The molecule has 1 saturated heterocycles. The maximum atomic E-state index is 12.9. The Kier molecular flexibility index (Phi) is 5.51. The summed E-state index contributed by atoms with van der Waals surface area (Å²) in [6.07, 6.45) is 2.83. The minimum atomic E-state index is -0.612. The van der Waals surface area contributed by atoms with Crippen LogP contribution in [0.4, 0.5) is 5.69 Å². The zero-order chi connectivity index (χ0) is 21.2. The van der Waals surface area contributed by atoms with Crippen LogP contribution >= 0.6 is 0 Å². The Morgan fingerprint density at radius 2 is 1.81 bits per heavy atom. The Hall–Kier alpha value is -3.06. The third-order valence-corrected chi connectivity index (χ3v) is 6.36. The van der Waals surface area contributed by atoms with Crippen LogP contribution in [0.15, 0.2) is 42.5 Å². The fourth-order valence-electron chi connectivity index (χ4n) is 4.65. The summed E-state index contributed by atoms with van der Waals surface area (Å²) in [7, 11) is 0. The molecule has 0 spiro atoms. The van der Waals surface area contributed by atoms with Crippen molar-refractivity contribution in [3.8, 4) is 11.5 Å². The normalized spacial score (nSPS) is 20.3. The molecule has 2 heterocycles. The minimum absolute atomic E-state index is 0.0216. The molecule has 162 valence electrons. The summed E-state index contributed by atoms with van der Waals surface area (Å²) in [6, 6.07) is 13.6. The number of benzene rings is 2. The number of ether oxygens (including phenoxy) is 2. The largest absolute Gasteiger partial charge is 0.485 e. The lowest BCUT2D eigenvalue weighted by molar-refractivity contribution is -0.895. The molecule has 0 aromatic heterocycles. The second-order valence-corrected chi connectivity index (χ2v) is 8.50. The first kappa shape index (κ1) is 19.9. The quantitative estimate of drug-likeness (QED) is 0.760. The van der Waals surface area contributed by atoms with E-state index in [0.717, 1.165) is 31.6 Å². The van der Waals surface area contributed by atoms with Crippen molar-refractivity contribution >= 4 is 17.5 Å². The van der Waals surface area contributed by atoms with Gasteiger partial charge in [-0.2, -0.15) is 0 Å². The van der Waals surface area contributed by atoms with Gasteiger partial charge in [0.1, 0.15) is 6.61 Å². The average molecular weight is 423 g/mol. The number of piperazine rings is 1. The minimum Gasteiger partial charge on any atom is -0.485 e. The van der Waals surface area contributed by atoms with Gasteiger partial charge in [-0.1, -0.05) is 18.2 Å². The van der Waals surface area contributed by atoms with Gasteiger partial charge in [0.2, 0.25) is 6.10 Å². The van der Waals surface area contributed by atoms with Gasteiger partial charge in [-0.3, -0.25) is 9.59 Å². The number of amides is 2. The molecule has 2 aliphatic heterocycles. The van der Waals surface area contributed by atoms with Crippen LogP contribution in [0.1, 0.15) is 17.5 Å². The topological polar surface area (TPSA) is 72.3 Å². The summed E-state index contributed by atoms with van der Waals surface area (Å²) in [5.74, 6) is 1.26. The van der Waals surface area contributed by atoms with Gasteiger partial charge in [0.05, 0.1) is 26.2 Å². The number of para-hydroxylation sites is 2. The Bertz CT molecular complexity index is 985. The number of rotatable bonds is 4. The highest BCUT2D eigenvalue weighted by Crippen LogP contribution is 2.31. The lowest BCUT2D eigenvalue weighted by Crippen LogP contribution is -3.15. The van der Waals surface area contributed by atoms with Crippen molar-refractivity contribution in [2.45, 2.75) is 25.4 Å². The molecule has 1 fully saturated rings. The van der Waals surface area contributed by atoms with Crippen LogP contribution in [0.25, 0.3) is 0 Å². The highest BCUT2D eigenvalue weighted by Gasteiger charge is 2.34. The highest BCUT2D eigenvalue weighted by molar-refractivity contribution is 5.91. The molecule has 5 rings (SSSR count). The van der Waals surface area contributed by atoms with Crippen LogP contribution in [-0.2, 0) is 22.4 Å². The molecule has 7 heteroatoms. The molecule has 2 aromatic carbocycles. The molecule has 3 aliphatic rings. The zero-order valence-electron chi connectivity index (χ0n) is 17.6. The molecule has 0 radical (unpaired) electrons. The Morgan fingerprint density at radius 3 is 2.65 bits per heavy atom. The molecule has 1 atom stereocenters. The maximum Gasteiger partial charge on any atom is 0.279 e. The monoisotopic (exact) mass is 422 g/mol. The number of carbonyl (C=O) groups excluding carboxylic acids is 2. The number of nitrogens with one attached hydrogen (secondary N) is 2. The molecule has 2 aromatic rings. The van der Waals surface area contributed by atoms with E-state index in [2.05, 4.69) is 17.4 Å². The summed E-state index contributed by atoms with van der Waals surface area (Å²) < 4.78 is 11.5. The standard InChI is InChI=1S/C24H27N3O4/c28-23(25-19-9-8-17-4-3-5-18(17)14-19)15-26-10-12-27(13-11-26)24(29)22-16-30-20-6-1-2-7-21(20)31-22/h1-2,6-9,14,22H,3-5,10-13,15-16H2,(H,25,28)/p+1/t22-/m1/s1. The molecule has 2 amide bonds. The van der Waals surface area contributed by atoms with E-state index in [4.69, 9.17) is 9.47 Å². The smallest absolute Gasteiger partial charge is 0.279 e. The number of carbonyl (C=O) groups is 2. The predicted molar refractivity (Wildman–Crippen MR) is 116 cm³/mol. The summed E-state index contributed by atoms with van der Waals surface area (Å²) in [4.78, 5) is 28.4. The van der Waals surface area contributed by atoms with E-state index in [9.17, 15) is 9.59 Å². The van der Waals surface area contributed by atoms with E-state index in [1.165, 1.54) is 22.4 Å². The summed E-state index contributed by atoms with van der Waals surface area (Å²) in [5, 5.41) is 3.04. The van der Waals surface area contributed by atoms with Gasteiger partial charge in [-0.15, -0.1) is 0 Å². The van der Waals surface area contributed by atoms with Gasteiger partial charge in [0, 0.05) is 5.69 Å². The highest BCUT2D eigenvalue weighted by atomic mass is 16.6. The number of hydrogen-bond donors (Lipinski definition) is 2. The van der Waals surface area contributed by atoms with Crippen LogP contribution in [0, 0.1) is 0 Å². The molecule has 7 nitrogen and oxygen atoms in total. The lowest BCUT2D eigenvalue weighted by atomic mass is 10.1. The Morgan fingerprint density at radius 1 is 1.03 bits per heavy atom. The first-order valence-corrected chi connectivity index (χ1v) is 11.1. The van der Waals surface area contributed by atoms with Crippen molar-refractivity contribution in [2.75, 3.05) is 44.6 Å². The molecule has 31 heavy (non-hydrogen) atoms. The zero-order valence-corrected chi connectivity index (χ0v) is 17.6. The number of fused-ring (bicyclic) bond motifs is 2. The van der Waals surface area contributed by atoms with E-state index < -0.39 is 6.10 Å². The second kappa shape index (κ2) is 8.59. The van der Waals surface area contributed by atoms with Gasteiger partial charge in [-0.05, 0) is 54.7 Å². The fourth-order valence-corrected chi connectivity index (χ4v) is 4.65. The van der Waals surface area contributed by atoms with Crippen LogP contribution < -0.4 is 19.7 Å². The van der Waals surface area contributed by atoms with Crippen molar-refractivity contribution in [2.24, 2.45) is 0 Å². The molecule has 2 N–H and O–H groups in total. The summed E-state index contributed by atoms with van der Waals surface area (Å²) in [5.41, 5.74) is 3.64. The number of hydrogen-bond acceptors (Lipinski definition) is 4. The number of quaternary nitrogens is 1. The van der Waals surface area contributed by atoms with Crippen LogP contribution in [0.5, 0.6) is 11.5 Å². The van der Waals surface area contributed by atoms with E-state index in [1.807, 2.05) is 35.2 Å². The predicted octanol–water partition coefficient (Wildman–Crippen LogP) is 0.681. The fraction of sp³-hybridized carbons (Fsp3) is 0.417. The number of anilines is 1. The van der Waals surface area contributed by atoms with Gasteiger partial charge in [0.25, 0.3) is 11.8 Å². The maximum absolute atomic E-state index is 12.9. The van der Waals surface area contributed by atoms with E-state index in [0.29, 0.717) is 31.1 Å². The Labute approximate surface area is 181 Å². The van der Waals surface area contributed by atoms with E-state index in [-0.39, 0.29) is 18.4 Å². The SMILES string of the molecule is O=C(C[NH+]1CCN(C(=O)[C@H]2COc3ccccc3O2)CC1)Nc1ccc2c(c1)CCC2. The summed E-state index contributed by atoms with van der Waals surface area (Å²) in [6.45, 7) is 3.35. The van der Waals surface area contributed by atoms with Gasteiger partial charge in [-0.25, -0.2) is 0 Å². The van der Waals surface area contributed by atoms with E-state index >= 15 is 0 Å². The third kappa shape index (κ3) is 4.37. The molecule has 0 bridgehead atoms. The average Bonchev–Trinajstić information content (AvgIpc) is 3.26. The van der Waals surface area contributed by atoms with E-state index in [1.54, 1.807) is 0 Å². The summed E-state index contributed by atoms with van der Waals surface area (Å²) >= 11 is 0. The van der Waals surface area contributed by atoms with Crippen molar-refractivity contribution < 1.29 is 24.0 Å². The molecular weight excluding hydrogens is 394 g/mol. The van der Waals surface area contributed by atoms with Crippen LogP contribution in [-0.4, -0.2) is 62.1 Å². The van der Waals surface area contributed by atoms with Crippen LogP contribution in [0.3, 0.4) is 0 Å². The number of aryl methyl sites for hydroxylation is 2. The Balaban J connectivity index is 1.10. The van der Waals surface area contributed by atoms with Crippen molar-refractivity contribution in [3.05, 3.63) is 53.6 Å². The second-order valence-electron chi connectivity index (χ2n) is 8.50. The first-order chi connectivity index (χ1) is 15.2. The van der Waals surface area contributed by atoms with Crippen LogP contribution in [0.2, 0.25) is 0 Å². The van der Waals surface area contributed by atoms with Crippen molar-refractivity contribution in [3.63, 3.8) is 0 Å². The third-order valence-electron chi connectivity index (χ3n) is 6.36. The molecule has 1 aliphatic carbocycles.